The van der Waals surface area contributed by atoms with Gasteiger partial charge < -0.3 is 15.4 Å². The minimum Gasteiger partial charge on any atom is -0.479 e. The summed E-state index contributed by atoms with van der Waals surface area (Å²) in [7, 11) is -3.93. The van der Waals surface area contributed by atoms with Gasteiger partial charge in [0.2, 0.25) is 15.9 Å². The number of fused-ring (bicyclic) bond motifs is 1. The van der Waals surface area contributed by atoms with Crippen LogP contribution in [0.25, 0.3) is 0 Å². The summed E-state index contributed by atoms with van der Waals surface area (Å²) in [6, 6.07) is 12.1. The number of rotatable bonds is 6. The summed E-state index contributed by atoms with van der Waals surface area (Å²) in [6.45, 7) is 3.99. The van der Waals surface area contributed by atoms with Gasteiger partial charge in [0.1, 0.15) is 11.8 Å². The van der Waals surface area contributed by atoms with Crippen LogP contribution in [0.1, 0.15) is 30.9 Å². The number of nitrogens with zero attached hydrogens (tertiary/aromatic N) is 1. The highest BCUT2D eigenvalue weighted by Crippen LogP contribution is 2.36. The average Bonchev–Trinajstić information content (AvgIpc) is 3.26. The second-order valence-corrected chi connectivity index (χ2v) is 10.0. The molecule has 0 spiro atoms. The Hall–Kier alpha value is -2.91. The van der Waals surface area contributed by atoms with Crippen molar-refractivity contribution >= 4 is 27.5 Å². The van der Waals surface area contributed by atoms with E-state index in [1.165, 1.54) is 10.4 Å². The molecule has 0 aliphatic carbocycles. The van der Waals surface area contributed by atoms with Gasteiger partial charge in [0.15, 0.2) is 6.10 Å². The van der Waals surface area contributed by atoms with Crippen LogP contribution in [0.5, 0.6) is 5.75 Å². The first-order chi connectivity index (χ1) is 15.3. The largest absolute Gasteiger partial charge is 0.479 e. The van der Waals surface area contributed by atoms with Crippen molar-refractivity contribution in [2.45, 2.75) is 50.2 Å². The Morgan fingerprint density at radius 3 is 2.75 bits per heavy atom. The highest BCUT2D eigenvalue weighted by atomic mass is 32.2. The van der Waals surface area contributed by atoms with Gasteiger partial charge in [-0.25, -0.2) is 8.42 Å². The molecule has 0 saturated carbocycles. The molecule has 2 atom stereocenters. The van der Waals surface area contributed by atoms with E-state index in [4.69, 9.17) is 4.74 Å². The summed E-state index contributed by atoms with van der Waals surface area (Å²) in [5.41, 5.74) is 2.04. The number of carbonyl (C=O) groups excluding carboxylic acids is 2. The molecular formula is C23H27N3O5S. The van der Waals surface area contributed by atoms with Crippen LogP contribution in [0.4, 0.5) is 5.69 Å². The van der Waals surface area contributed by atoms with E-state index in [1.54, 1.807) is 19.9 Å². The van der Waals surface area contributed by atoms with Crippen molar-refractivity contribution in [1.29, 1.82) is 0 Å². The normalized spacial score (nSPS) is 20.9. The molecule has 2 aliphatic heterocycles. The van der Waals surface area contributed by atoms with Gasteiger partial charge in [-0.2, -0.15) is 4.31 Å². The van der Waals surface area contributed by atoms with Crippen LogP contribution in [0.3, 0.4) is 0 Å². The van der Waals surface area contributed by atoms with Crippen molar-refractivity contribution in [2.24, 2.45) is 0 Å². The Balaban J connectivity index is 1.51. The quantitative estimate of drug-likeness (QED) is 0.692. The smallest absolute Gasteiger partial charge is 0.265 e. The number of benzene rings is 2. The molecule has 0 radical (unpaired) electrons. The fraction of sp³-hybridized carbons (Fsp3) is 0.391. The second kappa shape index (κ2) is 8.91. The third-order valence-electron chi connectivity index (χ3n) is 5.86. The minimum atomic E-state index is -3.93. The van der Waals surface area contributed by atoms with Crippen molar-refractivity contribution in [1.82, 2.24) is 9.62 Å². The van der Waals surface area contributed by atoms with E-state index in [2.05, 4.69) is 10.6 Å². The van der Waals surface area contributed by atoms with Gasteiger partial charge in [0, 0.05) is 19.2 Å². The summed E-state index contributed by atoms with van der Waals surface area (Å²) >= 11 is 0. The topological polar surface area (TPSA) is 105 Å². The molecule has 2 unspecified atom stereocenters. The zero-order valence-electron chi connectivity index (χ0n) is 18.1. The summed E-state index contributed by atoms with van der Waals surface area (Å²) in [4.78, 5) is 24.8. The van der Waals surface area contributed by atoms with E-state index in [9.17, 15) is 18.0 Å². The number of hydrogen-bond donors (Lipinski definition) is 2. The molecule has 2 aliphatic rings. The number of aryl methyl sites for hydroxylation is 1. The number of sulfonamides is 1. The Morgan fingerprint density at radius 1 is 1.25 bits per heavy atom. The molecule has 1 fully saturated rings. The lowest BCUT2D eigenvalue weighted by Gasteiger charge is -2.27. The van der Waals surface area contributed by atoms with Gasteiger partial charge in [-0.15, -0.1) is 0 Å². The van der Waals surface area contributed by atoms with Crippen molar-refractivity contribution in [3.63, 3.8) is 0 Å². The third kappa shape index (κ3) is 4.35. The zero-order valence-corrected chi connectivity index (χ0v) is 18.9. The zero-order chi connectivity index (χ0) is 22.9. The molecule has 2 aromatic rings. The van der Waals surface area contributed by atoms with Crippen LogP contribution in [-0.2, 0) is 26.0 Å². The van der Waals surface area contributed by atoms with Gasteiger partial charge in [-0.05, 0) is 50.3 Å². The Bertz CT molecular complexity index is 1130. The molecule has 2 heterocycles. The molecule has 8 nitrogen and oxygen atoms in total. The first-order valence-electron chi connectivity index (χ1n) is 10.7. The third-order valence-corrected chi connectivity index (χ3v) is 7.91. The maximum absolute atomic E-state index is 13.5. The van der Waals surface area contributed by atoms with Crippen LogP contribution in [0, 0.1) is 6.92 Å². The lowest BCUT2D eigenvalue weighted by atomic mass is 10.1. The van der Waals surface area contributed by atoms with Crippen LogP contribution in [0.2, 0.25) is 0 Å². The van der Waals surface area contributed by atoms with E-state index < -0.39 is 22.2 Å². The number of hydrogen-bond acceptors (Lipinski definition) is 5. The monoisotopic (exact) mass is 457 g/mol. The summed E-state index contributed by atoms with van der Waals surface area (Å²) in [5.74, 6) is -0.252. The predicted molar refractivity (Wildman–Crippen MR) is 120 cm³/mol. The second-order valence-electron chi connectivity index (χ2n) is 8.16. The van der Waals surface area contributed by atoms with Crippen LogP contribution < -0.4 is 15.4 Å². The van der Waals surface area contributed by atoms with E-state index in [-0.39, 0.29) is 23.3 Å². The highest BCUT2D eigenvalue weighted by Gasteiger charge is 2.40. The highest BCUT2D eigenvalue weighted by molar-refractivity contribution is 7.89. The van der Waals surface area contributed by atoms with Crippen molar-refractivity contribution in [2.75, 3.05) is 18.4 Å². The maximum atomic E-state index is 13.5. The van der Waals surface area contributed by atoms with Crippen molar-refractivity contribution in [3.05, 3.63) is 53.6 Å². The van der Waals surface area contributed by atoms with Crippen molar-refractivity contribution < 1.29 is 22.7 Å². The number of ether oxygens (including phenoxy) is 1. The standard InChI is InChI=1S/C23H27N3O5S/c1-15-13-18-20(31-16(2)22(27)25-18)14-21(15)32(29,30)26-12-6-9-19(26)23(28)24-11-10-17-7-4-3-5-8-17/h3-5,7-8,13-14,16,19H,6,9-12H2,1-2H3,(H,24,28)(H,25,27). The first kappa shape index (κ1) is 22.3. The number of nitrogens with one attached hydrogen (secondary N) is 2. The summed E-state index contributed by atoms with van der Waals surface area (Å²) in [5, 5.41) is 5.61. The molecule has 0 aromatic heterocycles. The number of carbonyl (C=O) groups is 2. The van der Waals surface area contributed by atoms with Crippen LogP contribution in [0.15, 0.2) is 47.4 Å². The van der Waals surface area contributed by atoms with E-state index in [1.807, 2.05) is 30.3 Å². The Morgan fingerprint density at radius 2 is 2.00 bits per heavy atom. The molecule has 0 bridgehead atoms. The minimum absolute atomic E-state index is 0.0867. The van der Waals surface area contributed by atoms with Gasteiger partial charge in [0.25, 0.3) is 5.91 Å². The molecule has 4 rings (SSSR count). The summed E-state index contributed by atoms with van der Waals surface area (Å²) < 4.78 is 33.9. The van der Waals surface area contributed by atoms with Gasteiger partial charge in [-0.3, -0.25) is 9.59 Å². The average molecular weight is 458 g/mol. The fourth-order valence-corrected chi connectivity index (χ4v) is 6.01. The first-order valence-corrected chi connectivity index (χ1v) is 12.2. The van der Waals surface area contributed by atoms with Crippen molar-refractivity contribution in [3.8, 4) is 5.75 Å². The molecule has 32 heavy (non-hydrogen) atoms. The molecule has 2 amide bonds. The lowest BCUT2D eigenvalue weighted by Crippen LogP contribution is -2.46. The SMILES string of the molecule is Cc1cc2c(cc1S(=O)(=O)N1CCCC1C(=O)NCCc1ccccc1)OC(C)C(=O)N2. The van der Waals surface area contributed by atoms with Crippen LogP contribution >= 0.6 is 0 Å². The fourth-order valence-electron chi connectivity index (χ4n) is 4.13. The summed E-state index contributed by atoms with van der Waals surface area (Å²) in [6.07, 6.45) is 1.06. The number of anilines is 1. The lowest BCUT2D eigenvalue weighted by molar-refractivity contribution is -0.124. The molecule has 9 heteroatoms. The Kier molecular flexibility index (Phi) is 6.21. The molecular weight excluding hydrogens is 430 g/mol. The number of amides is 2. The maximum Gasteiger partial charge on any atom is 0.265 e. The molecule has 170 valence electrons. The predicted octanol–water partition coefficient (Wildman–Crippen LogP) is 2.23. The van der Waals surface area contributed by atoms with E-state index in [0.29, 0.717) is 42.8 Å². The molecule has 2 N–H and O–H groups in total. The van der Waals surface area contributed by atoms with Gasteiger partial charge in [0.05, 0.1) is 10.6 Å². The van der Waals surface area contributed by atoms with Gasteiger partial charge >= 0.3 is 0 Å². The Labute approximate surface area is 188 Å². The van der Waals surface area contributed by atoms with Crippen LogP contribution in [-0.4, -0.2) is 49.8 Å². The van der Waals surface area contributed by atoms with E-state index >= 15 is 0 Å². The van der Waals surface area contributed by atoms with Gasteiger partial charge in [-0.1, -0.05) is 30.3 Å². The molecule has 1 saturated heterocycles. The molecule has 2 aromatic carbocycles. The van der Waals surface area contributed by atoms with E-state index in [0.717, 1.165) is 5.56 Å².